The molecule has 6 unspecified atom stereocenters. The van der Waals surface area contributed by atoms with E-state index in [9.17, 15) is 0 Å². The molecule has 0 heterocycles. The SMILES string of the molecule is CC(C)[C@H]1CCC2(C)C3CC4C(C31)C42C. The maximum Gasteiger partial charge on any atom is -0.0204 e. The lowest BCUT2D eigenvalue weighted by Gasteiger charge is -2.44. The van der Waals surface area contributed by atoms with Gasteiger partial charge in [0.2, 0.25) is 0 Å². The fourth-order valence-electron chi connectivity index (χ4n) is 6.72. The molecule has 5 aliphatic rings. The van der Waals surface area contributed by atoms with Crippen LogP contribution in [0.1, 0.15) is 47.0 Å². The molecule has 0 amide bonds. The molecule has 5 fully saturated rings. The van der Waals surface area contributed by atoms with Crippen molar-refractivity contribution in [2.45, 2.75) is 47.0 Å². The van der Waals surface area contributed by atoms with Crippen LogP contribution in [0.15, 0.2) is 0 Å². The molecule has 0 nitrogen and oxygen atoms in total. The zero-order valence-electron chi connectivity index (χ0n) is 10.6. The Labute approximate surface area is 93.8 Å². The predicted molar refractivity (Wildman–Crippen MR) is 62.4 cm³/mol. The summed E-state index contributed by atoms with van der Waals surface area (Å²) >= 11 is 0. The average molecular weight is 204 g/mol. The van der Waals surface area contributed by atoms with Gasteiger partial charge in [-0.1, -0.05) is 27.7 Å². The molecule has 5 rings (SSSR count). The third-order valence-electron chi connectivity index (χ3n) is 7.57. The first kappa shape index (κ1) is 9.07. The van der Waals surface area contributed by atoms with Crippen LogP contribution in [-0.4, -0.2) is 0 Å². The second-order valence-electron chi connectivity index (χ2n) is 7.70. The number of rotatable bonds is 1. The standard InChI is InChI=1S/C15H24/c1-8(2)9-5-6-14(3)10-7-11-13(12(9)10)15(11,14)4/h8-13H,5-7H2,1-4H3/t9-,10?,11?,12?,13?,14?,15?/m1/s1. The van der Waals surface area contributed by atoms with Crippen LogP contribution in [0.5, 0.6) is 0 Å². The molecule has 0 N–H and O–H groups in total. The van der Waals surface area contributed by atoms with E-state index in [1.807, 2.05) is 0 Å². The van der Waals surface area contributed by atoms with Gasteiger partial charge < -0.3 is 0 Å². The lowest BCUT2D eigenvalue weighted by atomic mass is 9.61. The first-order valence-electron chi connectivity index (χ1n) is 7.02. The Hall–Kier alpha value is 0. The van der Waals surface area contributed by atoms with Gasteiger partial charge in [0.25, 0.3) is 0 Å². The summed E-state index contributed by atoms with van der Waals surface area (Å²) in [6, 6.07) is 0. The lowest BCUT2D eigenvalue weighted by Crippen LogP contribution is -2.37. The minimum atomic E-state index is 0.762. The molecule has 0 spiro atoms. The molecule has 5 aliphatic carbocycles. The third-order valence-corrected chi connectivity index (χ3v) is 7.57. The maximum absolute atomic E-state index is 2.63. The number of hydrogen-bond donors (Lipinski definition) is 0. The first-order chi connectivity index (χ1) is 7.02. The van der Waals surface area contributed by atoms with E-state index in [-0.39, 0.29) is 0 Å². The van der Waals surface area contributed by atoms with Gasteiger partial charge in [-0.15, -0.1) is 0 Å². The molecule has 0 aromatic rings. The Morgan fingerprint density at radius 1 is 1.13 bits per heavy atom. The molecule has 0 aromatic carbocycles. The fourth-order valence-corrected chi connectivity index (χ4v) is 6.72. The minimum absolute atomic E-state index is 0.762. The Morgan fingerprint density at radius 3 is 2.47 bits per heavy atom. The van der Waals surface area contributed by atoms with Gasteiger partial charge in [-0.2, -0.15) is 0 Å². The van der Waals surface area contributed by atoms with Crippen LogP contribution in [0.3, 0.4) is 0 Å². The summed E-state index contributed by atoms with van der Waals surface area (Å²) in [5, 5.41) is 0. The molecule has 6 bridgehead atoms. The molecule has 0 radical (unpaired) electrons. The van der Waals surface area contributed by atoms with E-state index < -0.39 is 0 Å². The van der Waals surface area contributed by atoms with Gasteiger partial charge in [0.05, 0.1) is 0 Å². The molecule has 84 valence electrons. The third kappa shape index (κ3) is 0.666. The molecule has 5 saturated carbocycles. The monoisotopic (exact) mass is 204 g/mol. The summed E-state index contributed by atoms with van der Waals surface area (Å²) in [7, 11) is 0. The van der Waals surface area contributed by atoms with Gasteiger partial charge in [0.15, 0.2) is 0 Å². The molecule has 0 aromatic heterocycles. The van der Waals surface area contributed by atoms with Crippen molar-refractivity contribution in [3.63, 3.8) is 0 Å². The zero-order chi connectivity index (χ0) is 10.6. The van der Waals surface area contributed by atoms with Crippen molar-refractivity contribution in [2.24, 2.45) is 46.3 Å². The Balaban J connectivity index is 1.80. The molecule has 15 heavy (non-hydrogen) atoms. The molecule has 0 heteroatoms. The van der Waals surface area contributed by atoms with Crippen LogP contribution in [0.4, 0.5) is 0 Å². The maximum atomic E-state index is 2.63. The Bertz CT molecular complexity index is 329. The second kappa shape index (κ2) is 2.17. The lowest BCUT2D eigenvalue weighted by molar-refractivity contribution is 0.0483. The smallest absolute Gasteiger partial charge is 0.0204 e. The molecule has 7 atom stereocenters. The predicted octanol–water partition coefficient (Wildman–Crippen LogP) is 3.96. The van der Waals surface area contributed by atoms with Crippen LogP contribution in [0.2, 0.25) is 0 Å². The molecular weight excluding hydrogens is 180 g/mol. The zero-order valence-corrected chi connectivity index (χ0v) is 10.6. The van der Waals surface area contributed by atoms with Crippen LogP contribution in [0.25, 0.3) is 0 Å². The summed E-state index contributed by atoms with van der Waals surface area (Å²) in [6.45, 7) is 10.2. The first-order valence-corrected chi connectivity index (χ1v) is 7.02. The van der Waals surface area contributed by atoms with E-state index >= 15 is 0 Å². The average Bonchev–Trinajstić information content (AvgIpc) is 2.49. The van der Waals surface area contributed by atoms with Gasteiger partial charge in [-0.3, -0.25) is 0 Å². The minimum Gasteiger partial charge on any atom is -0.0625 e. The topological polar surface area (TPSA) is 0 Å². The van der Waals surface area contributed by atoms with Crippen LogP contribution < -0.4 is 0 Å². The van der Waals surface area contributed by atoms with Crippen molar-refractivity contribution in [1.82, 2.24) is 0 Å². The van der Waals surface area contributed by atoms with E-state index in [0.717, 1.165) is 46.3 Å². The summed E-state index contributed by atoms with van der Waals surface area (Å²) < 4.78 is 0. The fraction of sp³-hybridized carbons (Fsp3) is 1.00. The van der Waals surface area contributed by atoms with E-state index in [4.69, 9.17) is 0 Å². The summed E-state index contributed by atoms with van der Waals surface area (Å²) in [5.74, 6) is 6.57. The van der Waals surface area contributed by atoms with Gasteiger partial charge >= 0.3 is 0 Å². The molecular formula is C15H24. The van der Waals surface area contributed by atoms with Gasteiger partial charge in [0.1, 0.15) is 0 Å². The van der Waals surface area contributed by atoms with E-state index in [0.29, 0.717) is 0 Å². The van der Waals surface area contributed by atoms with E-state index in [2.05, 4.69) is 27.7 Å². The summed E-state index contributed by atoms with van der Waals surface area (Å²) in [6.07, 6.45) is 4.68. The van der Waals surface area contributed by atoms with Crippen LogP contribution >= 0.6 is 0 Å². The van der Waals surface area contributed by atoms with Crippen molar-refractivity contribution in [1.29, 1.82) is 0 Å². The van der Waals surface area contributed by atoms with E-state index in [1.165, 1.54) is 6.42 Å². The van der Waals surface area contributed by atoms with Crippen molar-refractivity contribution in [3.8, 4) is 0 Å². The second-order valence-corrected chi connectivity index (χ2v) is 7.70. The van der Waals surface area contributed by atoms with Crippen molar-refractivity contribution in [3.05, 3.63) is 0 Å². The largest absolute Gasteiger partial charge is 0.0625 e. The highest BCUT2D eigenvalue weighted by Crippen LogP contribution is 2.91. The highest BCUT2D eigenvalue weighted by atomic mass is 14.9. The number of hydrogen-bond acceptors (Lipinski definition) is 0. The van der Waals surface area contributed by atoms with Crippen molar-refractivity contribution < 1.29 is 0 Å². The van der Waals surface area contributed by atoms with Crippen molar-refractivity contribution in [2.75, 3.05) is 0 Å². The molecule has 0 saturated heterocycles. The van der Waals surface area contributed by atoms with Gasteiger partial charge in [-0.25, -0.2) is 0 Å². The highest BCUT2D eigenvalue weighted by molar-refractivity contribution is 5.33. The highest BCUT2D eigenvalue weighted by Gasteiger charge is 2.86. The van der Waals surface area contributed by atoms with Crippen LogP contribution in [0, 0.1) is 46.3 Å². The quantitative estimate of drug-likeness (QED) is 0.606. The van der Waals surface area contributed by atoms with E-state index in [1.54, 1.807) is 12.8 Å². The summed E-state index contributed by atoms with van der Waals surface area (Å²) in [4.78, 5) is 0. The van der Waals surface area contributed by atoms with Gasteiger partial charge in [0, 0.05) is 0 Å². The van der Waals surface area contributed by atoms with Crippen LogP contribution in [-0.2, 0) is 0 Å². The normalized spacial score (nSPS) is 69.0. The molecule has 0 aliphatic heterocycles. The van der Waals surface area contributed by atoms with Gasteiger partial charge in [-0.05, 0) is 65.6 Å². The Kier molecular flexibility index (Phi) is 1.31. The summed E-state index contributed by atoms with van der Waals surface area (Å²) in [5.41, 5.74) is 1.56. The Morgan fingerprint density at radius 2 is 1.87 bits per heavy atom. The van der Waals surface area contributed by atoms with Crippen molar-refractivity contribution >= 4 is 0 Å².